The molecule has 2 N–H and O–H groups in total. The summed E-state index contributed by atoms with van der Waals surface area (Å²) in [6, 6.07) is 6.60. The van der Waals surface area contributed by atoms with Crippen molar-refractivity contribution in [1.82, 2.24) is 20.4 Å². The predicted octanol–water partition coefficient (Wildman–Crippen LogP) is 2.38. The summed E-state index contributed by atoms with van der Waals surface area (Å²) in [5.74, 6) is 1.12. The van der Waals surface area contributed by atoms with Crippen molar-refractivity contribution in [2.75, 3.05) is 52.9 Å². The van der Waals surface area contributed by atoms with Gasteiger partial charge in [0.05, 0.1) is 6.54 Å². The molecule has 5 nitrogen and oxygen atoms in total. The van der Waals surface area contributed by atoms with E-state index in [1.807, 2.05) is 13.0 Å². The summed E-state index contributed by atoms with van der Waals surface area (Å²) in [5.41, 5.74) is 0.877. The molecule has 0 aliphatic carbocycles. The molecule has 1 saturated heterocycles. The minimum Gasteiger partial charge on any atom is -0.357 e. The van der Waals surface area contributed by atoms with E-state index in [1.165, 1.54) is 12.1 Å². The summed E-state index contributed by atoms with van der Waals surface area (Å²) in [6.45, 7) is 12.2. The highest BCUT2D eigenvalue weighted by molar-refractivity contribution is 14.0. The van der Waals surface area contributed by atoms with Crippen molar-refractivity contribution in [2.45, 2.75) is 20.4 Å². The number of nitrogens with zero attached hydrogens (tertiary/aromatic N) is 3. The predicted molar refractivity (Wildman–Crippen MR) is 118 cm³/mol. The van der Waals surface area contributed by atoms with Crippen molar-refractivity contribution >= 4 is 29.9 Å². The first-order chi connectivity index (χ1) is 12.1. The van der Waals surface area contributed by atoms with E-state index in [4.69, 9.17) is 0 Å². The monoisotopic (exact) mass is 477 g/mol. The smallest absolute Gasteiger partial charge is 0.191 e. The first-order valence-electron chi connectivity index (χ1n) is 9.24. The van der Waals surface area contributed by atoms with Crippen LogP contribution in [0.15, 0.2) is 29.3 Å². The SMILES string of the molecule is CCNC(=NCc1cccc(F)c1)NCC(C)CN1CCN(C)CC1.I. The maximum Gasteiger partial charge on any atom is 0.191 e. The fourth-order valence-corrected chi connectivity index (χ4v) is 2.95. The number of hydrogen-bond acceptors (Lipinski definition) is 3. The molecule has 148 valence electrons. The van der Waals surface area contributed by atoms with Crippen LogP contribution in [0.25, 0.3) is 0 Å². The van der Waals surface area contributed by atoms with Crippen LogP contribution in [0.5, 0.6) is 0 Å². The Morgan fingerprint density at radius 1 is 1.23 bits per heavy atom. The minimum atomic E-state index is -0.216. The molecule has 0 bridgehead atoms. The van der Waals surface area contributed by atoms with Gasteiger partial charge in [0.15, 0.2) is 5.96 Å². The second-order valence-electron chi connectivity index (χ2n) is 6.92. The fraction of sp³-hybridized carbons (Fsp3) is 0.632. The summed E-state index contributed by atoms with van der Waals surface area (Å²) in [4.78, 5) is 9.47. The van der Waals surface area contributed by atoms with Crippen molar-refractivity contribution in [3.05, 3.63) is 35.6 Å². The molecule has 1 fully saturated rings. The summed E-state index contributed by atoms with van der Waals surface area (Å²) < 4.78 is 13.3. The van der Waals surface area contributed by atoms with E-state index in [9.17, 15) is 4.39 Å². The molecule has 2 rings (SSSR count). The number of aliphatic imine (C=N–C) groups is 1. The van der Waals surface area contributed by atoms with Gasteiger partial charge in [-0.05, 0) is 37.6 Å². The van der Waals surface area contributed by atoms with E-state index >= 15 is 0 Å². The van der Waals surface area contributed by atoms with Gasteiger partial charge < -0.3 is 20.4 Å². The standard InChI is InChI=1S/C19H32FN5.HI/c1-4-21-19(23-14-17-6-5-7-18(20)12-17)22-13-16(2)15-25-10-8-24(3)9-11-25;/h5-7,12,16H,4,8-11,13-15H2,1-3H3,(H2,21,22,23);1H. The van der Waals surface area contributed by atoms with Gasteiger partial charge in [0.1, 0.15) is 5.82 Å². The molecule has 1 unspecified atom stereocenters. The fourth-order valence-electron chi connectivity index (χ4n) is 2.95. The van der Waals surface area contributed by atoms with Crippen molar-refractivity contribution < 1.29 is 4.39 Å². The van der Waals surface area contributed by atoms with Crippen LogP contribution < -0.4 is 10.6 Å². The lowest BCUT2D eigenvalue weighted by atomic mass is 10.1. The van der Waals surface area contributed by atoms with Crippen molar-refractivity contribution in [1.29, 1.82) is 0 Å². The number of guanidine groups is 1. The molecule has 0 amide bonds. The Bertz CT molecular complexity index is 546. The number of piperazine rings is 1. The first kappa shape index (κ1) is 23.1. The lowest BCUT2D eigenvalue weighted by molar-refractivity contribution is 0.139. The number of likely N-dealkylation sites (N-methyl/N-ethyl adjacent to an activating group) is 1. The Hall–Kier alpha value is -0.930. The Labute approximate surface area is 174 Å². The summed E-state index contributed by atoms with van der Waals surface area (Å²) in [7, 11) is 2.18. The zero-order valence-corrected chi connectivity index (χ0v) is 18.5. The van der Waals surface area contributed by atoms with Crippen LogP contribution in [0.4, 0.5) is 4.39 Å². The van der Waals surface area contributed by atoms with Gasteiger partial charge in [-0.3, -0.25) is 0 Å². The van der Waals surface area contributed by atoms with E-state index < -0.39 is 0 Å². The Kier molecular flexibility index (Phi) is 11.1. The lowest BCUT2D eigenvalue weighted by Gasteiger charge is -2.34. The van der Waals surface area contributed by atoms with Gasteiger partial charge in [0.2, 0.25) is 0 Å². The van der Waals surface area contributed by atoms with Gasteiger partial charge in [-0.1, -0.05) is 19.1 Å². The average molecular weight is 477 g/mol. The molecule has 1 atom stereocenters. The number of rotatable bonds is 7. The number of nitrogens with one attached hydrogen (secondary N) is 2. The molecule has 1 aliphatic rings. The van der Waals surface area contributed by atoms with Crippen LogP contribution >= 0.6 is 24.0 Å². The van der Waals surface area contributed by atoms with E-state index in [-0.39, 0.29) is 29.8 Å². The van der Waals surface area contributed by atoms with Gasteiger partial charge in [0, 0.05) is 45.8 Å². The van der Waals surface area contributed by atoms with Crippen LogP contribution in [0, 0.1) is 11.7 Å². The molecule has 1 aliphatic heterocycles. The molecule has 1 heterocycles. The average Bonchev–Trinajstić information content (AvgIpc) is 2.59. The highest BCUT2D eigenvalue weighted by Gasteiger charge is 2.16. The molecule has 0 aromatic heterocycles. The van der Waals surface area contributed by atoms with Crippen molar-refractivity contribution in [3.63, 3.8) is 0 Å². The van der Waals surface area contributed by atoms with Gasteiger partial charge in [-0.15, -0.1) is 24.0 Å². The number of benzene rings is 1. The highest BCUT2D eigenvalue weighted by atomic mass is 127. The van der Waals surface area contributed by atoms with Gasteiger partial charge in [0.25, 0.3) is 0 Å². The van der Waals surface area contributed by atoms with Gasteiger partial charge in [-0.2, -0.15) is 0 Å². The van der Waals surface area contributed by atoms with Crippen molar-refractivity contribution in [2.24, 2.45) is 10.9 Å². The third-order valence-corrected chi connectivity index (χ3v) is 4.44. The van der Waals surface area contributed by atoms with Gasteiger partial charge >= 0.3 is 0 Å². The van der Waals surface area contributed by atoms with E-state index in [0.29, 0.717) is 12.5 Å². The van der Waals surface area contributed by atoms with E-state index in [1.54, 1.807) is 6.07 Å². The topological polar surface area (TPSA) is 42.9 Å². The molecule has 26 heavy (non-hydrogen) atoms. The zero-order valence-electron chi connectivity index (χ0n) is 16.2. The van der Waals surface area contributed by atoms with E-state index in [2.05, 4.69) is 39.4 Å². The van der Waals surface area contributed by atoms with Crippen LogP contribution in [0.3, 0.4) is 0 Å². The summed E-state index contributed by atoms with van der Waals surface area (Å²) in [5, 5.41) is 6.67. The van der Waals surface area contributed by atoms with Crippen molar-refractivity contribution in [3.8, 4) is 0 Å². The maximum absolute atomic E-state index is 13.3. The first-order valence-corrected chi connectivity index (χ1v) is 9.24. The lowest BCUT2D eigenvalue weighted by Crippen LogP contribution is -2.47. The summed E-state index contributed by atoms with van der Waals surface area (Å²) >= 11 is 0. The highest BCUT2D eigenvalue weighted by Crippen LogP contribution is 2.05. The van der Waals surface area contributed by atoms with Crippen LogP contribution in [0.1, 0.15) is 19.4 Å². The minimum absolute atomic E-state index is 0. The van der Waals surface area contributed by atoms with E-state index in [0.717, 1.165) is 57.3 Å². The van der Waals surface area contributed by atoms with Crippen LogP contribution in [0.2, 0.25) is 0 Å². The molecular weight excluding hydrogens is 444 g/mol. The molecule has 1 aromatic carbocycles. The van der Waals surface area contributed by atoms with Crippen LogP contribution in [-0.2, 0) is 6.54 Å². The van der Waals surface area contributed by atoms with Gasteiger partial charge in [-0.25, -0.2) is 9.38 Å². The largest absolute Gasteiger partial charge is 0.357 e. The zero-order chi connectivity index (χ0) is 18.1. The second-order valence-corrected chi connectivity index (χ2v) is 6.92. The number of halogens is 2. The Morgan fingerprint density at radius 3 is 2.62 bits per heavy atom. The van der Waals surface area contributed by atoms with Crippen LogP contribution in [-0.4, -0.2) is 68.6 Å². The molecule has 0 radical (unpaired) electrons. The normalized spacial score (nSPS) is 17.5. The molecule has 0 spiro atoms. The molecular formula is C19H33FIN5. The third kappa shape index (κ3) is 8.64. The Morgan fingerprint density at radius 2 is 1.96 bits per heavy atom. The second kappa shape index (κ2) is 12.5. The number of hydrogen-bond donors (Lipinski definition) is 2. The molecule has 1 aromatic rings. The summed E-state index contributed by atoms with van der Waals surface area (Å²) in [6.07, 6.45) is 0. The Balaban J connectivity index is 0.00000338. The quantitative estimate of drug-likeness (QED) is 0.360. The maximum atomic E-state index is 13.3. The molecule has 0 saturated carbocycles. The third-order valence-electron chi connectivity index (χ3n) is 4.44. The molecule has 7 heteroatoms.